The molecule has 1 atom stereocenters. The Kier molecular flexibility index (Phi) is 3.09. The van der Waals surface area contributed by atoms with E-state index in [1.807, 2.05) is 6.92 Å². The molecule has 0 aliphatic heterocycles. The van der Waals surface area contributed by atoms with Gasteiger partial charge in [-0.3, -0.25) is 0 Å². The summed E-state index contributed by atoms with van der Waals surface area (Å²) in [5.74, 6) is -0.0806. The van der Waals surface area contributed by atoms with Crippen molar-refractivity contribution >= 4 is 11.7 Å². The number of aromatic amines is 1. The Morgan fingerprint density at radius 1 is 1.41 bits per heavy atom. The van der Waals surface area contributed by atoms with Crippen molar-refractivity contribution in [2.75, 3.05) is 5.32 Å². The second-order valence-electron chi connectivity index (χ2n) is 3.72. The Morgan fingerprint density at radius 3 is 2.65 bits per heavy atom. The molecule has 0 radical (unpaired) electrons. The van der Waals surface area contributed by atoms with Crippen molar-refractivity contribution < 1.29 is 9.90 Å². The molecule has 3 N–H and O–H groups in total. The lowest BCUT2D eigenvalue weighted by Gasteiger charge is -2.12. The highest BCUT2D eigenvalue weighted by Crippen LogP contribution is 2.16. The highest BCUT2D eigenvalue weighted by molar-refractivity contribution is 5.87. The van der Waals surface area contributed by atoms with Gasteiger partial charge in [-0.25, -0.2) is 9.78 Å². The standard InChI is InChI=1S/C12H13N3O2/c1-8(11-13-6-7-14-11)15-10-4-2-9(3-5-10)12(16)17/h2-8,15H,1H3,(H,13,14)(H,16,17). The van der Waals surface area contributed by atoms with Gasteiger partial charge in [-0.2, -0.15) is 0 Å². The number of imidazole rings is 1. The maximum absolute atomic E-state index is 10.7. The number of nitrogens with one attached hydrogen (secondary N) is 2. The third kappa shape index (κ3) is 2.63. The van der Waals surface area contributed by atoms with Crippen molar-refractivity contribution in [2.45, 2.75) is 13.0 Å². The first-order chi connectivity index (χ1) is 8.16. The van der Waals surface area contributed by atoms with E-state index in [9.17, 15) is 4.79 Å². The molecule has 1 aromatic heterocycles. The summed E-state index contributed by atoms with van der Waals surface area (Å²) in [6.07, 6.45) is 3.46. The summed E-state index contributed by atoms with van der Waals surface area (Å²) in [5.41, 5.74) is 1.14. The van der Waals surface area contributed by atoms with Gasteiger partial charge < -0.3 is 15.4 Å². The molecule has 0 saturated carbocycles. The summed E-state index contributed by atoms with van der Waals surface area (Å²) in [6.45, 7) is 1.98. The van der Waals surface area contributed by atoms with Crippen LogP contribution in [0, 0.1) is 0 Å². The summed E-state index contributed by atoms with van der Waals surface area (Å²) in [5, 5.41) is 12.0. The Labute approximate surface area is 98.5 Å². The molecule has 0 bridgehead atoms. The first kappa shape index (κ1) is 11.2. The number of anilines is 1. The maximum atomic E-state index is 10.7. The number of rotatable bonds is 4. The Hall–Kier alpha value is -2.30. The number of carbonyl (C=O) groups is 1. The first-order valence-electron chi connectivity index (χ1n) is 5.26. The molecule has 0 spiro atoms. The number of nitrogens with zero attached hydrogens (tertiary/aromatic N) is 1. The Balaban J connectivity index is 2.06. The van der Waals surface area contributed by atoms with Crippen LogP contribution in [0.4, 0.5) is 5.69 Å². The second kappa shape index (κ2) is 4.69. The summed E-state index contributed by atoms with van der Waals surface area (Å²) in [4.78, 5) is 17.9. The van der Waals surface area contributed by atoms with Gasteiger partial charge in [0.05, 0.1) is 11.6 Å². The maximum Gasteiger partial charge on any atom is 0.335 e. The quantitative estimate of drug-likeness (QED) is 0.754. The highest BCUT2D eigenvalue weighted by Gasteiger charge is 2.07. The molecule has 1 heterocycles. The van der Waals surface area contributed by atoms with Gasteiger partial charge in [-0.15, -0.1) is 0 Å². The first-order valence-corrected chi connectivity index (χ1v) is 5.26. The van der Waals surface area contributed by atoms with Crippen LogP contribution in [0.15, 0.2) is 36.7 Å². The lowest BCUT2D eigenvalue weighted by Crippen LogP contribution is -2.08. The van der Waals surface area contributed by atoms with Crippen molar-refractivity contribution in [3.05, 3.63) is 48.0 Å². The largest absolute Gasteiger partial charge is 0.478 e. The molecule has 0 aliphatic carbocycles. The minimum Gasteiger partial charge on any atom is -0.478 e. The van der Waals surface area contributed by atoms with Gasteiger partial charge in [0.25, 0.3) is 0 Å². The van der Waals surface area contributed by atoms with Crippen LogP contribution >= 0.6 is 0 Å². The van der Waals surface area contributed by atoms with E-state index in [1.165, 1.54) is 0 Å². The molecule has 0 aliphatic rings. The fourth-order valence-electron chi connectivity index (χ4n) is 1.54. The molecule has 1 aromatic carbocycles. The smallest absolute Gasteiger partial charge is 0.335 e. The summed E-state index contributed by atoms with van der Waals surface area (Å²) in [7, 11) is 0. The van der Waals surface area contributed by atoms with E-state index in [2.05, 4.69) is 15.3 Å². The number of hydrogen-bond donors (Lipinski definition) is 3. The predicted molar refractivity (Wildman–Crippen MR) is 64.0 cm³/mol. The summed E-state index contributed by atoms with van der Waals surface area (Å²) < 4.78 is 0. The van der Waals surface area contributed by atoms with E-state index in [1.54, 1.807) is 36.7 Å². The number of H-pyrrole nitrogens is 1. The van der Waals surface area contributed by atoms with Crippen LogP contribution < -0.4 is 5.32 Å². The van der Waals surface area contributed by atoms with Crippen LogP contribution in [0.3, 0.4) is 0 Å². The van der Waals surface area contributed by atoms with Crippen molar-refractivity contribution in [3.8, 4) is 0 Å². The molecular formula is C12H13N3O2. The van der Waals surface area contributed by atoms with E-state index in [-0.39, 0.29) is 11.6 Å². The molecule has 2 rings (SSSR count). The summed E-state index contributed by atoms with van der Waals surface area (Å²) >= 11 is 0. The van der Waals surface area contributed by atoms with E-state index < -0.39 is 5.97 Å². The van der Waals surface area contributed by atoms with Crippen molar-refractivity contribution in [1.82, 2.24) is 9.97 Å². The van der Waals surface area contributed by atoms with Crippen LogP contribution in [0.25, 0.3) is 0 Å². The summed E-state index contributed by atoms with van der Waals surface area (Å²) in [6, 6.07) is 6.66. The van der Waals surface area contributed by atoms with Gasteiger partial charge in [0.1, 0.15) is 5.82 Å². The molecular weight excluding hydrogens is 218 g/mol. The minimum absolute atomic E-state index is 0.0423. The van der Waals surface area contributed by atoms with Crippen molar-refractivity contribution in [1.29, 1.82) is 0 Å². The molecule has 5 nitrogen and oxygen atoms in total. The molecule has 0 amide bonds. The zero-order valence-corrected chi connectivity index (χ0v) is 9.34. The van der Waals surface area contributed by atoms with E-state index in [0.29, 0.717) is 0 Å². The number of aromatic nitrogens is 2. The average Bonchev–Trinajstić information content (AvgIpc) is 2.83. The lowest BCUT2D eigenvalue weighted by molar-refractivity contribution is 0.0697. The van der Waals surface area contributed by atoms with Crippen molar-refractivity contribution in [2.24, 2.45) is 0 Å². The van der Waals surface area contributed by atoms with Gasteiger partial charge in [-0.05, 0) is 31.2 Å². The fraction of sp³-hybridized carbons (Fsp3) is 0.167. The van der Waals surface area contributed by atoms with Gasteiger partial charge in [0.2, 0.25) is 0 Å². The number of carboxylic acid groups (broad SMARTS) is 1. The van der Waals surface area contributed by atoms with Crippen LogP contribution in [0.2, 0.25) is 0 Å². The number of carboxylic acids is 1. The normalized spacial score (nSPS) is 12.1. The molecule has 2 aromatic rings. The monoisotopic (exact) mass is 231 g/mol. The fourth-order valence-corrected chi connectivity index (χ4v) is 1.54. The molecule has 0 saturated heterocycles. The number of benzene rings is 1. The Bertz CT molecular complexity index is 491. The van der Waals surface area contributed by atoms with E-state index in [0.717, 1.165) is 11.5 Å². The second-order valence-corrected chi connectivity index (χ2v) is 3.72. The number of aromatic carboxylic acids is 1. The lowest BCUT2D eigenvalue weighted by atomic mass is 10.2. The Morgan fingerprint density at radius 2 is 2.12 bits per heavy atom. The minimum atomic E-state index is -0.921. The van der Waals surface area contributed by atoms with Gasteiger partial charge in [-0.1, -0.05) is 0 Å². The number of hydrogen-bond acceptors (Lipinski definition) is 3. The van der Waals surface area contributed by atoms with Crippen LogP contribution in [0.1, 0.15) is 29.1 Å². The third-order valence-corrected chi connectivity index (χ3v) is 2.44. The molecule has 5 heteroatoms. The zero-order valence-electron chi connectivity index (χ0n) is 9.34. The average molecular weight is 231 g/mol. The third-order valence-electron chi connectivity index (χ3n) is 2.44. The van der Waals surface area contributed by atoms with E-state index in [4.69, 9.17) is 5.11 Å². The zero-order chi connectivity index (χ0) is 12.3. The van der Waals surface area contributed by atoms with Crippen molar-refractivity contribution in [3.63, 3.8) is 0 Å². The molecule has 0 fully saturated rings. The van der Waals surface area contributed by atoms with Gasteiger partial charge in [0, 0.05) is 18.1 Å². The molecule has 17 heavy (non-hydrogen) atoms. The van der Waals surface area contributed by atoms with E-state index >= 15 is 0 Å². The SMILES string of the molecule is CC(Nc1ccc(C(=O)O)cc1)c1ncc[nH]1. The van der Waals surface area contributed by atoms with Crippen LogP contribution in [-0.4, -0.2) is 21.0 Å². The predicted octanol–water partition coefficient (Wildman–Crippen LogP) is 2.28. The van der Waals surface area contributed by atoms with Crippen LogP contribution in [0.5, 0.6) is 0 Å². The van der Waals surface area contributed by atoms with Gasteiger partial charge in [0.15, 0.2) is 0 Å². The molecule has 88 valence electrons. The van der Waals surface area contributed by atoms with Gasteiger partial charge >= 0.3 is 5.97 Å². The van der Waals surface area contributed by atoms with Crippen LogP contribution in [-0.2, 0) is 0 Å². The molecule has 1 unspecified atom stereocenters. The topological polar surface area (TPSA) is 78.0 Å². The highest BCUT2D eigenvalue weighted by atomic mass is 16.4.